The number of hydrogen-bond donors (Lipinski definition) is 1. The lowest BCUT2D eigenvalue weighted by Gasteiger charge is -2.19. The van der Waals surface area contributed by atoms with Crippen LogP contribution in [0, 0.1) is 12.8 Å². The van der Waals surface area contributed by atoms with Crippen LogP contribution in [0.1, 0.15) is 36.1 Å². The Balaban J connectivity index is 2.33. The zero-order valence-corrected chi connectivity index (χ0v) is 11.7. The van der Waals surface area contributed by atoms with Crippen LogP contribution in [0.25, 0.3) is 0 Å². The smallest absolute Gasteiger partial charge is 0.371 e. The molecule has 0 radical (unpaired) electrons. The zero-order chi connectivity index (χ0) is 14.2. The number of aryl methyl sites for hydroxylation is 1. The summed E-state index contributed by atoms with van der Waals surface area (Å²) < 4.78 is 31.3. The molecule has 0 aromatic carbocycles. The van der Waals surface area contributed by atoms with Crippen molar-refractivity contribution < 1.29 is 22.7 Å². The first kappa shape index (κ1) is 14.1. The lowest BCUT2D eigenvalue weighted by Crippen LogP contribution is -2.32. The fourth-order valence-corrected chi connectivity index (χ4v) is 3.64. The third-order valence-electron chi connectivity index (χ3n) is 3.21. The molecular weight excluding hydrogens is 270 g/mol. The van der Waals surface area contributed by atoms with Gasteiger partial charge in [0.15, 0.2) is 0 Å². The fourth-order valence-electron chi connectivity index (χ4n) is 1.95. The van der Waals surface area contributed by atoms with Crippen LogP contribution in [0.5, 0.6) is 0 Å². The molecule has 0 aliphatic heterocycles. The van der Waals surface area contributed by atoms with Gasteiger partial charge in [-0.3, -0.25) is 0 Å². The van der Waals surface area contributed by atoms with Crippen LogP contribution in [0.2, 0.25) is 0 Å². The molecule has 1 aliphatic rings. The Kier molecular flexibility index (Phi) is 3.69. The van der Waals surface area contributed by atoms with Gasteiger partial charge in [0.05, 0.1) is 0 Å². The Bertz CT molecular complexity index is 585. The lowest BCUT2D eigenvalue weighted by atomic mass is 10.4. The lowest BCUT2D eigenvalue weighted by molar-refractivity contribution is 0.0661. The molecule has 1 heterocycles. The normalized spacial score (nSPS) is 15.9. The molecule has 1 N–H and O–H groups in total. The SMILES string of the molecule is CCN(CC1CC1)S(=O)(=O)c1cc(C(=O)O)oc1C. The van der Waals surface area contributed by atoms with Gasteiger partial charge in [-0.05, 0) is 25.7 Å². The number of carbonyl (C=O) groups is 1. The summed E-state index contributed by atoms with van der Waals surface area (Å²) in [5.74, 6) is -1.07. The summed E-state index contributed by atoms with van der Waals surface area (Å²) in [5.41, 5.74) is 0. The molecule has 106 valence electrons. The molecule has 0 spiro atoms. The molecule has 0 bridgehead atoms. The van der Waals surface area contributed by atoms with Crippen LogP contribution < -0.4 is 0 Å². The highest BCUT2D eigenvalue weighted by Gasteiger charge is 2.33. The number of hydrogen-bond acceptors (Lipinski definition) is 4. The average Bonchev–Trinajstić information content (AvgIpc) is 3.06. The van der Waals surface area contributed by atoms with Gasteiger partial charge in [0, 0.05) is 19.2 Å². The van der Waals surface area contributed by atoms with Gasteiger partial charge in [0.1, 0.15) is 10.7 Å². The second-order valence-electron chi connectivity index (χ2n) is 4.74. The van der Waals surface area contributed by atoms with E-state index >= 15 is 0 Å². The highest BCUT2D eigenvalue weighted by molar-refractivity contribution is 7.89. The van der Waals surface area contributed by atoms with Crippen molar-refractivity contribution in [3.63, 3.8) is 0 Å². The van der Waals surface area contributed by atoms with Crippen molar-refractivity contribution >= 4 is 16.0 Å². The Labute approximate surface area is 112 Å². The second-order valence-corrected chi connectivity index (χ2v) is 6.64. The van der Waals surface area contributed by atoms with E-state index < -0.39 is 16.0 Å². The average molecular weight is 287 g/mol. The van der Waals surface area contributed by atoms with E-state index in [1.54, 1.807) is 6.92 Å². The summed E-state index contributed by atoms with van der Waals surface area (Å²) >= 11 is 0. The van der Waals surface area contributed by atoms with Crippen LogP contribution in [-0.4, -0.2) is 36.9 Å². The summed E-state index contributed by atoms with van der Waals surface area (Å²) in [6.07, 6.45) is 2.10. The molecule has 1 aliphatic carbocycles. The van der Waals surface area contributed by atoms with Crippen molar-refractivity contribution in [3.05, 3.63) is 17.6 Å². The number of carboxylic acid groups (broad SMARTS) is 1. The van der Waals surface area contributed by atoms with E-state index in [1.807, 2.05) is 0 Å². The van der Waals surface area contributed by atoms with E-state index in [-0.39, 0.29) is 16.4 Å². The molecule has 1 saturated carbocycles. The Hall–Kier alpha value is -1.34. The fraction of sp³-hybridized carbons (Fsp3) is 0.583. The molecule has 2 rings (SSSR count). The van der Waals surface area contributed by atoms with Gasteiger partial charge in [-0.15, -0.1) is 0 Å². The van der Waals surface area contributed by atoms with E-state index in [9.17, 15) is 13.2 Å². The quantitative estimate of drug-likeness (QED) is 0.860. The molecular formula is C12H17NO5S. The first-order chi connectivity index (χ1) is 8.86. The minimum atomic E-state index is -3.67. The topological polar surface area (TPSA) is 87.8 Å². The molecule has 0 amide bonds. The van der Waals surface area contributed by atoms with Crippen molar-refractivity contribution in [2.45, 2.75) is 31.6 Å². The van der Waals surface area contributed by atoms with Gasteiger partial charge in [-0.2, -0.15) is 4.31 Å². The maximum Gasteiger partial charge on any atom is 0.371 e. The minimum Gasteiger partial charge on any atom is -0.475 e. The molecule has 19 heavy (non-hydrogen) atoms. The predicted molar refractivity (Wildman–Crippen MR) is 67.6 cm³/mol. The minimum absolute atomic E-state index is 0.0487. The van der Waals surface area contributed by atoms with Crippen molar-refractivity contribution in [2.75, 3.05) is 13.1 Å². The standard InChI is InChI=1S/C12H17NO5S/c1-3-13(7-9-4-5-9)19(16,17)11-6-10(12(14)15)18-8(11)2/h6,9H,3-5,7H2,1-2H3,(H,14,15). The molecule has 0 saturated heterocycles. The monoisotopic (exact) mass is 287 g/mol. The van der Waals surface area contributed by atoms with Crippen molar-refractivity contribution in [2.24, 2.45) is 5.92 Å². The Morgan fingerprint density at radius 3 is 2.58 bits per heavy atom. The van der Waals surface area contributed by atoms with Gasteiger partial charge in [0.25, 0.3) is 0 Å². The number of furan rings is 1. The summed E-state index contributed by atoms with van der Waals surface area (Å²) in [5, 5.41) is 8.84. The molecule has 0 unspecified atom stereocenters. The van der Waals surface area contributed by atoms with Crippen LogP contribution in [0.4, 0.5) is 0 Å². The number of nitrogens with zero attached hydrogens (tertiary/aromatic N) is 1. The van der Waals surface area contributed by atoms with Gasteiger partial charge >= 0.3 is 5.97 Å². The van der Waals surface area contributed by atoms with E-state index in [2.05, 4.69) is 0 Å². The Morgan fingerprint density at radius 1 is 1.53 bits per heavy atom. The number of sulfonamides is 1. The Morgan fingerprint density at radius 2 is 2.16 bits per heavy atom. The van der Waals surface area contributed by atoms with Crippen LogP contribution in [0.3, 0.4) is 0 Å². The molecule has 1 aromatic heterocycles. The first-order valence-corrected chi connectivity index (χ1v) is 7.64. The number of carboxylic acids is 1. The number of aromatic carboxylic acids is 1. The zero-order valence-electron chi connectivity index (χ0n) is 10.9. The van der Waals surface area contributed by atoms with E-state index in [0.717, 1.165) is 18.9 Å². The van der Waals surface area contributed by atoms with Crippen LogP contribution in [0.15, 0.2) is 15.4 Å². The van der Waals surface area contributed by atoms with Gasteiger partial charge in [0.2, 0.25) is 15.8 Å². The second kappa shape index (κ2) is 4.97. The van der Waals surface area contributed by atoms with Crippen molar-refractivity contribution in [1.82, 2.24) is 4.31 Å². The van der Waals surface area contributed by atoms with Gasteiger partial charge in [-0.25, -0.2) is 13.2 Å². The first-order valence-electron chi connectivity index (χ1n) is 6.20. The third-order valence-corrected chi connectivity index (χ3v) is 5.26. The summed E-state index contributed by atoms with van der Waals surface area (Å²) in [4.78, 5) is 10.8. The van der Waals surface area contributed by atoms with E-state index in [1.165, 1.54) is 11.2 Å². The van der Waals surface area contributed by atoms with Crippen LogP contribution >= 0.6 is 0 Å². The highest BCUT2D eigenvalue weighted by Crippen LogP contribution is 2.32. The molecule has 0 atom stereocenters. The largest absolute Gasteiger partial charge is 0.475 e. The summed E-state index contributed by atoms with van der Waals surface area (Å²) in [6, 6.07) is 1.09. The molecule has 6 nitrogen and oxygen atoms in total. The van der Waals surface area contributed by atoms with Crippen molar-refractivity contribution in [1.29, 1.82) is 0 Å². The van der Waals surface area contributed by atoms with E-state index in [4.69, 9.17) is 9.52 Å². The maximum atomic E-state index is 12.5. The molecule has 7 heteroatoms. The third kappa shape index (κ3) is 2.82. The maximum absolute atomic E-state index is 12.5. The predicted octanol–water partition coefficient (Wildman–Crippen LogP) is 1.71. The van der Waals surface area contributed by atoms with Gasteiger partial charge in [-0.1, -0.05) is 6.92 Å². The highest BCUT2D eigenvalue weighted by atomic mass is 32.2. The van der Waals surface area contributed by atoms with Gasteiger partial charge < -0.3 is 9.52 Å². The van der Waals surface area contributed by atoms with E-state index in [0.29, 0.717) is 19.0 Å². The number of rotatable bonds is 6. The summed E-state index contributed by atoms with van der Waals surface area (Å²) in [7, 11) is -3.67. The van der Waals surface area contributed by atoms with Crippen molar-refractivity contribution in [3.8, 4) is 0 Å². The van der Waals surface area contributed by atoms with Crippen LogP contribution in [-0.2, 0) is 10.0 Å². The molecule has 1 aromatic rings. The summed E-state index contributed by atoms with van der Waals surface area (Å²) in [6.45, 7) is 4.09. The molecule has 1 fully saturated rings.